The lowest BCUT2D eigenvalue weighted by Crippen LogP contribution is -2.41. The highest BCUT2D eigenvalue weighted by atomic mass is 16.2. The molecule has 1 spiro atoms. The van der Waals surface area contributed by atoms with Gasteiger partial charge in [0.25, 0.3) is 0 Å². The molecule has 116 valence electrons. The van der Waals surface area contributed by atoms with Crippen molar-refractivity contribution in [1.29, 1.82) is 0 Å². The van der Waals surface area contributed by atoms with E-state index in [1.54, 1.807) is 0 Å². The highest BCUT2D eigenvalue weighted by molar-refractivity contribution is 6.06. The van der Waals surface area contributed by atoms with Crippen LogP contribution in [-0.2, 0) is 10.2 Å². The third-order valence-corrected chi connectivity index (χ3v) is 6.00. The van der Waals surface area contributed by atoms with E-state index in [0.717, 1.165) is 17.8 Å². The summed E-state index contributed by atoms with van der Waals surface area (Å²) in [5.41, 5.74) is 7.98. The van der Waals surface area contributed by atoms with E-state index in [9.17, 15) is 4.79 Å². The molecule has 4 heteroatoms. The Balaban J connectivity index is 1.75. The Morgan fingerprint density at radius 1 is 1.18 bits per heavy atom. The summed E-state index contributed by atoms with van der Waals surface area (Å²) in [6.45, 7) is 5.15. The van der Waals surface area contributed by atoms with Gasteiger partial charge in [0.05, 0.1) is 5.71 Å². The zero-order chi connectivity index (χ0) is 15.3. The van der Waals surface area contributed by atoms with E-state index < -0.39 is 0 Å². The Labute approximate surface area is 131 Å². The van der Waals surface area contributed by atoms with Crippen LogP contribution in [0.5, 0.6) is 0 Å². The molecule has 1 aliphatic carbocycles. The number of nitrogens with one attached hydrogen (secondary N) is 2. The normalized spacial score (nSPS) is 29.0. The molecule has 22 heavy (non-hydrogen) atoms. The number of amides is 1. The highest BCUT2D eigenvalue weighted by Crippen LogP contribution is 2.51. The molecule has 1 fully saturated rings. The monoisotopic (exact) mass is 297 g/mol. The third-order valence-electron chi connectivity index (χ3n) is 6.00. The zero-order valence-corrected chi connectivity index (χ0v) is 13.3. The van der Waals surface area contributed by atoms with Gasteiger partial charge in [-0.15, -0.1) is 0 Å². The lowest BCUT2D eigenvalue weighted by Gasteiger charge is -2.47. The second-order valence-electron chi connectivity index (χ2n) is 7.12. The van der Waals surface area contributed by atoms with E-state index in [0.29, 0.717) is 5.41 Å². The molecule has 2 unspecified atom stereocenters. The van der Waals surface area contributed by atoms with Crippen molar-refractivity contribution in [2.24, 2.45) is 16.9 Å². The summed E-state index contributed by atoms with van der Waals surface area (Å²) in [5.74, 6) is 0.145. The van der Waals surface area contributed by atoms with Gasteiger partial charge in [-0.1, -0.05) is 26.3 Å². The average Bonchev–Trinajstić information content (AvgIpc) is 2.50. The quantitative estimate of drug-likeness (QED) is 0.837. The fourth-order valence-electron chi connectivity index (χ4n) is 4.10. The Kier molecular flexibility index (Phi) is 3.03. The molecule has 0 aromatic heterocycles. The first-order valence-corrected chi connectivity index (χ1v) is 8.37. The second-order valence-corrected chi connectivity index (χ2v) is 7.12. The number of hydrazone groups is 1. The molecule has 0 radical (unpaired) electrons. The van der Waals surface area contributed by atoms with E-state index in [-0.39, 0.29) is 17.7 Å². The number of hydrogen-bond donors (Lipinski definition) is 2. The van der Waals surface area contributed by atoms with Crippen molar-refractivity contribution >= 4 is 17.3 Å². The molecule has 2 heterocycles. The van der Waals surface area contributed by atoms with Crippen molar-refractivity contribution in [2.45, 2.75) is 44.9 Å². The molecule has 4 rings (SSSR count). The molecule has 2 aliphatic heterocycles. The van der Waals surface area contributed by atoms with Crippen molar-refractivity contribution in [1.82, 2.24) is 5.43 Å². The van der Waals surface area contributed by atoms with Crippen LogP contribution in [-0.4, -0.2) is 18.2 Å². The molecule has 2 atom stereocenters. The minimum atomic E-state index is -0.0284. The van der Waals surface area contributed by atoms with E-state index in [1.165, 1.54) is 36.9 Å². The van der Waals surface area contributed by atoms with E-state index in [2.05, 4.69) is 41.0 Å². The van der Waals surface area contributed by atoms with Gasteiger partial charge in [-0.25, -0.2) is 5.43 Å². The van der Waals surface area contributed by atoms with Crippen LogP contribution in [0.1, 0.15) is 50.7 Å². The largest absolute Gasteiger partial charge is 0.385 e. The van der Waals surface area contributed by atoms with Gasteiger partial charge in [0.15, 0.2) is 0 Å². The first-order chi connectivity index (χ1) is 10.6. The van der Waals surface area contributed by atoms with Crippen molar-refractivity contribution in [2.75, 3.05) is 11.9 Å². The summed E-state index contributed by atoms with van der Waals surface area (Å²) in [6.07, 6.45) is 5.19. The van der Waals surface area contributed by atoms with Crippen LogP contribution in [0.3, 0.4) is 0 Å². The van der Waals surface area contributed by atoms with Gasteiger partial charge < -0.3 is 5.32 Å². The van der Waals surface area contributed by atoms with Crippen molar-refractivity contribution in [3.8, 4) is 0 Å². The van der Waals surface area contributed by atoms with Crippen molar-refractivity contribution in [3.05, 3.63) is 29.3 Å². The Hall–Kier alpha value is -1.84. The van der Waals surface area contributed by atoms with Gasteiger partial charge in [0.1, 0.15) is 0 Å². The molecule has 1 aromatic carbocycles. The minimum absolute atomic E-state index is 0.0198. The number of carbonyl (C=O) groups is 1. The molecule has 1 amide bonds. The van der Waals surface area contributed by atoms with Crippen molar-refractivity contribution < 1.29 is 4.79 Å². The zero-order valence-electron chi connectivity index (χ0n) is 13.3. The Bertz CT molecular complexity index is 660. The van der Waals surface area contributed by atoms with Gasteiger partial charge in [0.2, 0.25) is 5.91 Å². The summed E-state index contributed by atoms with van der Waals surface area (Å²) in [6, 6.07) is 6.66. The number of hydrogen-bond acceptors (Lipinski definition) is 3. The fraction of sp³-hybridized carbons (Fsp3) is 0.556. The van der Waals surface area contributed by atoms with Crippen LogP contribution < -0.4 is 10.7 Å². The first-order valence-electron chi connectivity index (χ1n) is 8.37. The van der Waals surface area contributed by atoms with Crippen LogP contribution in [0, 0.1) is 11.8 Å². The summed E-state index contributed by atoms with van der Waals surface area (Å²) in [7, 11) is 0. The fourth-order valence-corrected chi connectivity index (χ4v) is 4.10. The highest BCUT2D eigenvalue weighted by Gasteiger charge is 2.42. The van der Waals surface area contributed by atoms with Gasteiger partial charge >= 0.3 is 0 Å². The SMILES string of the molecule is CC1C(=O)NN=C(c2ccc3c(c2)C2(CCC2)CCN3)C1C. The summed E-state index contributed by atoms with van der Waals surface area (Å²) < 4.78 is 0. The van der Waals surface area contributed by atoms with Crippen LogP contribution in [0.2, 0.25) is 0 Å². The molecular weight excluding hydrogens is 274 g/mol. The van der Waals surface area contributed by atoms with Gasteiger partial charge in [-0.3, -0.25) is 4.79 Å². The van der Waals surface area contributed by atoms with E-state index in [1.807, 2.05) is 6.92 Å². The summed E-state index contributed by atoms with van der Waals surface area (Å²) in [4.78, 5) is 11.7. The molecule has 2 N–H and O–H groups in total. The summed E-state index contributed by atoms with van der Waals surface area (Å²) in [5, 5.41) is 7.88. The number of nitrogens with zero attached hydrogens (tertiary/aromatic N) is 1. The summed E-state index contributed by atoms with van der Waals surface area (Å²) >= 11 is 0. The van der Waals surface area contributed by atoms with Crippen LogP contribution in [0.25, 0.3) is 0 Å². The number of benzene rings is 1. The Morgan fingerprint density at radius 2 is 2.00 bits per heavy atom. The van der Waals surface area contributed by atoms with E-state index >= 15 is 0 Å². The predicted molar refractivity (Wildman–Crippen MR) is 88.1 cm³/mol. The smallest absolute Gasteiger partial charge is 0.243 e. The lowest BCUT2D eigenvalue weighted by molar-refractivity contribution is -0.125. The van der Waals surface area contributed by atoms with Gasteiger partial charge in [0, 0.05) is 24.1 Å². The first kappa shape index (κ1) is 13.8. The molecular formula is C18H23N3O. The predicted octanol–water partition coefficient (Wildman–Crippen LogP) is 3.03. The maximum Gasteiger partial charge on any atom is 0.243 e. The minimum Gasteiger partial charge on any atom is -0.385 e. The van der Waals surface area contributed by atoms with Gasteiger partial charge in [-0.05, 0) is 47.9 Å². The van der Waals surface area contributed by atoms with Crippen LogP contribution in [0.4, 0.5) is 5.69 Å². The maximum absolute atomic E-state index is 11.7. The standard InChI is InChI=1S/C18H23N3O/c1-11-12(2)17(22)21-20-16(11)13-4-5-15-14(10-13)18(6-3-7-18)8-9-19-15/h4-5,10-12,19H,3,6-9H2,1-2H3,(H,21,22). The number of anilines is 1. The van der Waals surface area contributed by atoms with Gasteiger partial charge in [-0.2, -0.15) is 5.10 Å². The van der Waals surface area contributed by atoms with Crippen LogP contribution >= 0.6 is 0 Å². The topological polar surface area (TPSA) is 53.5 Å². The number of fused-ring (bicyclic) bond motifs is 2. The molecule has 3 aliphatic rings. The average molecular weight is 297 g/mol. The van der Waals surface area contributed by atoms with Crippen LogP contribution in [0.15, 0.2) is 23.3 Å². The maximum atomic E-state index is 11.7. The number of rotatable bonds is 1. The number of carbonyl (C=O) groups excluding carboxylic acids is 1. The van der Waals surface area contributed by atoms with E-state index in [4.69, 9.17) is 0 Å². The molecule has 1 aromatic rings. The second kappa shape index (κ2) is 4.83. The molecule has 1 saturated carbocycles. The molecule has 0 saturated heterocycles. The lowest BCUT2D eigenvalue weighted by atomic mass is 9.60. The molecule has 0 bridgehead atoms. The van der Waals surface area contributed by atoms with Crippen molar-refractivity contribution in [3.63, 3.8) is 0 Å². The third kappa shape index (κ3) is 1.89. The Morgan fingerprint density at radius 3 is 2.73 bits per heavy atom. The molecule has 4 nitrogen and oxygen atoms in total.